The highest BCUT2D eigenvalue weighted by atomic mass is 16.5. The molecule has 0 atom stereocenters. The van der Waals surface area contributed by atoms with E-state index in [2.05, 4.69) is 44.1 Å². The summed E-state index contributed by atoms with van der Waals surface area (Å²) in [6, 6.07) is 8.56. The number of methoxy groups -OCH3 is 1. The van der Waals surface area contributed by atoms with Crippen LogP contribution in [-0.4, -0.2) is 41.8 Å². The number of fused-ring (bicyclic) bond motifs is 4. The molecule has 1 fully saturated rings. The number of aromatic nitrogens is 3. The second kappa shape index (κ2) is 5.99. The van der Waals surface area contributed by atoms with Gasteiger partial charge in [-0.05, 0) is 30.9 Å². The minimum Gasteiger partial charge on any atom is -0.478 e. The van der Waals surface area contributed by atoms with Crippen molar-refractivity contribution in [1.29, 1.82) is 0 Å². The Morgan fingerprint density at radius 2 is 1.96 bits per heavy atom. The molecule has 0 radical (unpaired) electrons. The fraction of sp³-hybridized carbons (Fsp3) is 0.400. The Bertz CT molecular complexity index is 944. The standard InChI is InChI=1S/C20H22N4O2/c1-25-19-18(21-9-10-22-19)24-11-7-20(8-12-24)17-15(6-13-26-20)14-4-2-3-5-16(14)23-17/h2-5,9-10,23H,6-8,11-13H2,1H3. The first-order chi connectivity index (χ1) is 12.8. The van der Waals surface area contributed by atoms with Gasteiger partial charge in [-0.1, -0.05) is 18.2 Å². The lowest BCUT2D eigenvalue weighted by atomic mass is 9.83. The van der Waals surface area contributed by atoms with Gasteiger partial charge in [-0.15, -0.1) is 0 Å². The van der Waals surface area contributed by atoms with Gasteiger partial charge >= 0.3 is 0 Å². The summed E-state index contributed by atoms with van der Waals surface area (Å²) in [4.78, 5) is 14.7. The van der Waals surface area contributed by atoms with Crippen LogP contribution in [0.2, 0.25) is 0 Å². The molecule has 0 bridgehead atoms. The Morgan fingerprint density at radius 3 is 2.81 bits per heavy atom. The minimum atomic E-state index is -0.224. The normalized spacial score (nSPS) is 18.9. The van der Waals surface area contributed by atoms with E-state index in [1.165, 1.54) is 22.2 Å². The van der Waals surface area contributed by atoms with Crippen molar-refractivity contribution >= 4 is 16.7 Å². The number of rotatable bonds is 2. The molecule has 5 rings (SSSR count). The number of piperidine rings is 1. The summed E-state index contributed by atoms with van der Waals surface area (Å²) in [5.74, 6) is 1.40. The zero-order chi connectivity index (χ0) is 17.6. The first kappa shape index (κ1) is 15.6. The topological polar surface area (TPSA) is 63.3 Å². The highest BCUT2D eigenvalue weighted by molar-refractivity contribution is 5.85. The van der Waals surface area contributed by atoms with Gasteiger partial charge in [-0.3, -0.25) is 0 Å². The van der Waals surface area contributed by atoms with Crippen LogP contribution < -0.4 is 9.64 Å². The number of aromatic amines is 1. The molecule has 1 aromatic carbocycles. The Balaban J connectivity index is 1.47. The van der Waals surface area contributed by atoms with E-state index in [1.807, 2.05) is 0 Å². The summed E-state index contributed by atoms with van der Waals surface area (Å²) in [6.45, 7) is 2.51. The average Bonchev–Trinajstić information content (AvgIpc) is 3.09. The summed E-state index contributed by atoms with van der Waals surface area (Å²) in [6.07, 6.45) is 6.20. The number of para-hydroxylation sites is 1. The molecular formula is C20H22N4O2. The second-order valence-electron chi connectivity index (χ2n) is 6.99. The summed E-state index contributed by atoms with van der Waals surface area (Å²) in [7, 11) is 1.64. The van der Waals surface area contributed by atoms with Gasteiger partial charge in [0.2, 0.25) is 0 Å². The van der Waals surface area contributed by atoms with E-state index >= 15 is 0 Å². The molecule has 2 aromatic heterocycles. The molecule has 0 unspecified atom stereocenters. The van der Waals surface area contributed by atoms with E-state index in [0.717, 1.165) is 44.8 Å². The van der Waals surface area contributed by atoms with Gasteiger partial charge in [0.05, 0.1) is 19.4 Å². The molecule has 0 amide bonds. The van der Waals surface area contributed by atoms with Gasteiger partial charge in [0.15, 0.2) is 5.82 Å². The molecule has 4 heterocycles. The predicted molar refractivity (Wildman–Crippen MR) is 99.7 cm³/mol. The fourth-order valence-electron chi connectivity index (χ4n) is 4.42. The fourth-order valence-corrected chi connectivity index (χ4v) is 4.42. The van der Waals surface area contributed by atoms with Gasteiger partial charge in [-0.25, -0.2) is 9.97 Å². The van der Waals surface area contributed by atoms with Crippen molar-refractivity contribution in [2.24, 2.45) is 0 Å². The highest BCUT2D eigenvalue weighted by Gasteiger charge is 2.43. The van der Waals surface area contributed by atoms with Crippen LogP contribution in [0.5, 0.6) is 5.88 Å². The lowest BCUT2D eigenvalue weighted by Gasteiger charge is -2.44. The van der Waals surface area contributed by atoms with E-state index < -0.39 is 0 Å². The predicted octanol–water partition coefficient (Wildman–Crippen LogP) is 3.03. The van der Waals surface area contributed by atoms with Crippen molar-refractivity contribution in [3.63, 3.8) is 0 Å². The van der Waals surface area contributed by atoms with E-state index in [0.29, 0.717) is 5.88 Å². The van der Waals surface area contributed by atoms with Crippen LogP contribution in [0.15, 0.2) is 36.7 Å². The number of H-pyrrole nitrogens is 1. The SMILES string of the molecule is COc1nccnc1N1CCC2(CC1)OCCc1c2[nH]c2ccccc12. The Morgan fingerprint density at radius 1 is 1.15 bits per heavy atom. The van der Waals surface area contributed by atoms with E-state index in [1.54, 1.807) is 19.5 Å². The first-order valence-electron chi connectivity index (χ1n) is 9.15. The van der Waals surface area contributed by atoms with Gasteiger partial charge < -0.3 is 19.4 Å². The molecule has 0 aliphatic carbocycles. The number of benzene rings is 1. The summed E-state index contributed by atoms with van der Waals surface area (Å²) in [5, 5.41) is 1.34. The van der Waals surface area contributed by atoms with Gasteiger partial charge in [0, 0.05) is 36.4 Å². The lowest BCUT2D eigenvalue weighted by molar-refractivity contribution is -0.0791. The molecule has 26 heavy (non-hydrogen) atoms. The van der Waals surface area contributed by atoms with Crippen molar-refractivity contribution in [3.05, 3.63) is 47.9 Å². The number of nitrogens with one attached hydrogen (secondary N) is 1. The van der Waals surface area contributed by atoms with Crippen LogP contribution in [0.3, 0.4) is 0 Å². The summed E-state index contributed by atoms with van der Waals surface area (Å²) < 4.78 is 11.8. The van der Waals surface area contributed by atoms with Gasteiger partial charge in [-0.2, -0.15) is 0 Å². The zero-order valence-corrected chi connectivity index (χ0v) is 14.9. The first-order valence-corrected chi connectivity index (χ1v) is 9.15. The van der Waals surface area contributed by atoms with Crippen LogP contribution in [-0.2, 0) is 16.8 Å². The quantitative estimate of drug-likeness (QED) is 0.770. The number of ether oxygens (including phenoxy) is 2. The van der Waals surface area contributed by atoms with Gasteiger partial charge in [0.1, 0.15) is 5.60 Å². The van der Waals surface area contributed by atoms with Crippen LogP contribution >= 0.6 is 0 Å². The molecule has 6 heteroatoms. The van der Waals surface area contributed by atoms with Crippen molar-refractivity contribution in [1.82, 2.24) is 15.0 Å². The van der Waals surface area contributed by atoms with Crippen LogP contribution in [0.4, 0.5) is 5.82 Å². The monoisotopic (exact) mass is 350 g/mol. The van der Waals surface area contributed by atoms with Crippen LogP contribution in [0.1, 0.15) is 24.1 Å². The molecule has 3 aromatic rings. The van der Waals surface area contributed by atoms with Crippen LogP contribution in [0.25, 0.3) is 10.9 Å². The number of anilines is 1. The lowest BCUT2D eigenvalue weighted by Crippen LogP contribution is -2.47. The van der Waals surface area contributed by atoms with Crippen molar-refractivity contribution in [2.75, 3.05) is 31.7 Å². The Kier molecular flexibility index (Phi) is 3.60. The third kappa shape index (κ3) is 2.29. The number of hydrogen-bond donors (Lipinski definition) is 1. The van der Waals surface area contributed by atoms with Crippen LogP contribution in [0, 0.1) is 0 Å². The third-order valence-corrected chi connectivity index (χ3v) is 5.71. The van der Waals surface area contributed by atoms with E-state index in [-0.39, 0.29) is 5.60 Å². The molecule has 2 aliphatic rings. The molecule has 0 saturated carbocycles. The van der Waals surface area contributed by atoms with Crippen molar-refractivity contribution in [3.8, 4) is 5.88 Å². The third-order valence-electron chi connectivity index (χ3n) is 5.71. The molecule has 1 saturated heterocycles. The molecule has 1 N–H and O–H groups in total. The number of hydrogen-bond acceptors (Lipinski definition) is 5. The Labute approximate surface area is 152 Å². The smallest absolute Gasteiger partial charge is 0.257 e. The van der Waals surface area contributed by atoms with Gasteiger partial charge in [0.25, 0.3) is 5.88 Å². The second-order valence-corrected chi connectivity index (χ2v) is 6.99. The van der Waals surface area contributed by atoms with E-state index in [9.17, 15) is 0 Å². The molecule has 6 nitrogen and oxygen atoms in total. The Hall–Kier alpha value is -2.60. The zero-order valence-electron chi connectivity index (χ0n) is 14.9. The molecule has 2 aliphatic heterocycles. The number of nitrogens with zero attached hydrogens (tertiary/aromatic N) is 3. The molecule has 1 spiro atoms. The maximum atomic E-state index is 6.38. The molecule has 134 valence electrons. The van der Waals surface area contributed by atoms with Crippen molar-refractivity contribution < 1.29 is 9.47 Å². The molecular weight excluding hydrogens is 328 g/mol. The minimum absolute atomic E-state index is 0.224. The maximum Gasteiger partial charge on any atom is 0.257 e. The average molecular weight is 350 g/mol. The van der Waals surface area contributed by atoms with E-state index in [4.69, 9.17) is 9.47 Å². The summed E-state index contributed by atoms with van der Waals surface area (Å²) >= 11 is 0. The maximum absolute atomic E-state index is 6.38. The highest BCUT2D eigenvalue weighted by Crippen LogP contribution is 2.44. The summed E-state index contributed by atoms with van der Waals surface area (Å²) in [5.41, 5.74) is 3.69. The largest absolute Gasteiger partial charge is 0.478 e. The van der Waals surface area contributed by atoms with Crippen molar-refractivity contribution in [2.45, 2.75) is 24.9 Å².